The summed E-state index contributed by atoms with van der Waals surface area (Å²) >= 11 is 0. The maximum atomic E-state index is 13.5. The van der Waals surface area contributed by atoms with Gasteiger partial charge in [-0.25, -0.2) is 4.39 Å². The highest BCUT2D eigenvalue weighted by Crippen LogP contribution is 2.26. The van der Waals surface area contributed by atoms with Crippen LogP contribution < -0.4 is 10.6 Å². The van der Waals surface area contributed by atoms with Crippen LogP contribution >= 0.6 is 0 Å². The van der Waals surface area contributed by atoms with Crippen LogP contribution in [0, 0.1) is 5.82 Å². The van der Waals surface area contributed by atoms with Gasteiger partial charge in [0.15, 0.2) is 0 Å². The summed E-state index contributed by atoms with van der Waals surface area (Å²) in [4.78, 5) is 5.68. The molecule has 1 heterocycles. The molecule has 0 radical (unpaired) electrons. The molecule has 0 aliphatic carbocycles. The molecule has 3 nitrogen and oxygen atoms in total. The van der Waals surface area contributed by atoms with Crippen LogP contribution in [-0.4, -0.2) is 12.0 Å². The Balaban J connectivity index is 2.39. The molecular weight excluding hydrogens is 205 g/mol. The largest absolute Gasteiger partial charge is 0.397 e. The zero-order valence-corrected chi connectivity index (χ0v) is 8.89. The van der Waals surface area contributed by atoms with Crippen LogP contribution in [0.15, 0.2) is 42.7 Å². The van der Waals surface area contributed by atoms with Crippen LogP contribution in [0.2, 0.25) is 0 Å². The van der Waals surface area contributed by atoms with Gasteiger partial charge < -0.3 is 10.6 Å². The SMILES string of the molecule is CN(c1cncc(N)c1)c1ccccc1F. The van der Waals surface area contributed by atoms with Crippen LogP contribution in [0.5, 0.6) is 0 Å². The van der Waals surface area contributed by atoms with Crippen LogP contribution in [0.25, 0.3) is 0 Å². The first kappa shape index (κ1) is 10.4. The fraction of sp³-hybridized carbons (Fsp3) is 0.0833. The Morgan fingerprint density at radius 1 is 1.25 bits per heavy atom. The fourth-order valence-corrected chi connectivity index (χ4v) is 1.49. The lowest BCUT2D eigenvalue weighted by atomic mass is 10.2. The third-order valence-electron chi connectivity index (χ3n) is 2.35. The first-order valence-corrected chi connectivity index (χ1v) is 4.87. The summed E-state index contributed by atoms with van der Waals surface area (Å²) in [6.07, 6.45) is 3.20. The van der Waals surface area contributed by atoms with Crippen LogP contribution in [0.3, 0.4) is 0 Å². The molecule has 0 saturated carbocycles. The molecule has 0 saturated heterocycles. The maximum absolute atomic E-state index is 13.5. The van der Waals surface area contributed by atoms with Crippen molar-refractivity contribution in [3.05, 3.63) is 48.5 Å². The second-order valence-corrected chi connectivity index (χ2v) is 3.49. The zero-order valence-electron chi connectivity index (χ0n) is 8.89. The number of nitrogen functional groups attached to an aromatic ring is 1. The Morgan fingerprint density at radius 3 is 2.69 bits per heavy atom. The van der Waals surface area contributed by atoms with E-state index in [4.69, 9.17) is 5.73 Å². The lowest BCUT2D eigenvalue weighted by Crippen LogP contribution is -2.11. The number of aromatic nitrogens is 1. The number of hydrogen-bond donors (Lipinski definition) is 1. The van der Waals surface area contributed by atoms with Crippen molar-refractivity contribution < 1.29 is 4.39 Å². The maximum Gasteiger partial charge on any atom is 0.146 e. The summed E-state index contributed by atoms with van der Waals surface area (Å²) in [5, 5.41) is 0. The number of hydrogen-bond acceptors (Lipinski definition) is 3. The molecular formula is C12H12FN3. The van der Waals surface area contributed by atoms with Gasteiger partial charge in [0.25, 0.3) is 0 Å². The number of para-hydroxylation sites is 1. The molecule has 2 N–H and O–H groups in total. The summed E-state index contributed by atoms with van der Waals surface area (Å²) in [6, 6.07) is 8.32. The van der Waals surface area contributed by atoms with Crippen molar-refractivity contribution in [2.45, 2.75) is 0 Å². The third kappa shape index (κ3) is 1.95. The van der Waals surface area contributed by atoms with Gasteiger partial charge in [-0.15, -0.1) is 0 Å². The van der Waals surface area contributed by atoms with Gasteiger partial charge in [0.1, 0.15) is 5.82 Å². The summed E-state index contributed by atoms with van der Waals surface area (Å²) in [7, 11) is 1.77. The molecule has 0 unspecified atom stereocenters. The Kier molecular flexibility index (Phi) is 2.72. The number of anilines is 3. The monoisotopic (exact) mass is 217 g/mol. The molecule has 0 aliphatic rings. The van der Waals surface area contributed by atoms with Crippen molar-refractivity contribution in [2.75, 3.05) is 17.7 Å². The van der Waals surface area contributed by atoms with Gasteiger partial charge in [0.05, 0.1) is 23.3 Å². The molecule has 1 aromatic carbocycles. The molecule has 4 heteroatoms. The minimum atomic E-state index is -0.271. The van der Waals surface area contributed by atoms with Crippen LogP contribution in [-0.2, 0) is 0 Å². The van der Waals surface area contributed by atoms with E-state index in [0.29, 0.717) is 11.4 Å². The van der Waals surface area contributed by atoms with E-state index in [9.17, 15) is 4.39 Å². The summed E-state index contributed by atoms with van der Waals surface area (Å²) in [5.41, 5.74) is 7.44. The van der Waals surface area contributed by atoms with E-state index in [1.165, 1.54) is 6.07 Å². The molecule has 0 bridgehead atoms. The van der Waals surface area contributed by atoms with Crippen molar-refractivity contribution in [3.63, 3.8) is 0 Å². The minimum absolute atomic E-state index is 0.271. The van der Waals surface area contributed by atoms with Crippen molar-refractivity contribution in [1.82, 2.24) is 4.98 Å². The highest BCUT2D eigenvalue weighted by molar-refractivity contribution is 5.64. The average molecular weight is 217 g/mol. The van der Waals surface area contributed by atoms with E-state index in [2.05, 4.69) is 4.98 Å². The molecule has 0 amide bonds. The zero-order chi connectivity index (χ0) is 11.5. The predicted molar refractivity (Wildman–Crippen MR) is 63.1 cm³/mol. The van der Waals surface area contributed by atoms with Gasteiger partial charge in [-0.2, -0.15) is 0 Å². The van der Waals surface area contributed by atoms with Gasteiger partial charge in [-0.3, -0.25) is 4.98 Å². The second kappa shape index (κ2) is 4.18. The average Bonchev–Trinajstić information content (AvgIpc) is 2.29. The second-order valence-electron chi connectivity index (χ2n) is 3.49. The van der Waals surface area contributed by atoms with E-state index in [1.54, 1.807) is 48.6 Å². The minimum Gasteiger partial charge on any atom is -0.397 e. The van der Waals surface area contributed by atoms with Crippen molar-refractivity contribution >= 4 is 17.1 Å². The van der Waals surface area contributed by atoms with Crippen molar-refractivity contribution in [3.8, 4) is 0 Å². The van der Waals surface area contributed by atoms with Gasteiger partial charge >= 0.3 is 0 Å². The lowest BCUT2D eigenvalue weighted by molar-refractivity contribution is 0.627. The molecule has 0 spiro atoms. The van der Waals surface area contributed by atoms with E-state index >= 15 is 0 Å². The highest BCUT2D eigenvalue weighted by Gasteiger charge is 2.08. The van der Waals surface area contributed by atoms with Gasteiger partial charge in [0.2, 0.25) is 0 Å². The molecule has 0 fully saturated rings. The van der Waals surface area contributed by atoms with Crippen LogP contribution in [0.1, 0.15) is 0 Å². The Bertz CT molecular complexity index is 499. The molecule has 0 atom stereocenters. The Labute approximate surface area is 93.3 Å². The predicted octanol–water partition coefficient (Wildman–Crippen LogP) is 2.57. The molecule has 0 aliphatic heterocycles. The number of halogens is 1. The Hall–Kier alpha value is -2.10. The quantitative estimate of drug-likeness (QED) is 0.840. The summed E-state index contributed by atoms with van der Waals surface area (Å²) in [5.74, 6) is -0.271. The summed E-state index contributed by atoms with van der Waals surface area (Å²) in [6.45, 7) is 0. The van der Waals surface area contributed by atoms with E-state index in [1.807, 2.05) is 0 Å². The van der Waals surface area contributed by atoms with Gasteiger partial charge in [0, 0.05) is 13.2 Å². The first-order valence-electron chi connectivity index (χ1n) is 4.87. The van der Waals surface area contributed by atoms with Crippen molar-refractivity contribution in [2.24, 2.45) is 0 Å². The normalized spacial score (nSPS) is 10.1. The number of nitrogens with zero attached hydrogens (tertiary/aromatic N) is 2. The Morgan fingerprint density at radius 2 is 2.00 bits per heavy atom. The number of nitrogens with two attached hydrogens (primary N) is 1. The topological polar surface area (TPSA) is 42.2 Å². The molecule has 16 heavy (non-hydrogen) atoms. The van der Waals surface area contributed by atoms with Gasteiger partial charge in [-0.1, -0.05) is 12.1 Å². The standard InChI is InChI=1S/C12H12FN3/c1-16(10-6-9(14)7-15-8-10)12-5-3-2-4-11(12)13/h2-8H,14H2,1H3. The lowest BCUT2D eigenvalue weighted by Gasteiger charge is -2.19. The first-order chi connectivity index (χ1) is 7.68. The van der Waals surface area contributed by atoms with E-state index in [0.717, 1.165) is 5.69 Å². The number of rotatable bonds is 2. The number of benzene rings is 1. The molecule has 2 rings (SSSR count). The molecule has 1 aromatic heterocycles. The van der Waals surface area contributed by atoms with E-state index in [-0.39, 0.29) is 5.82 Å². The fourth-order valence-electron chi connectivity index (χ4n) is 1.49. The summed E-state index contributed by atoms with van der Waals surface area (Å²) < 4.78 is 13.5. The smallest absolute Gasteiger partial charge is 0.146 e. The number of pyridine rings is 1. The van der Waals surface area contributed by atoms with Gasteiger partial charge in [-0.05, 0) is 18.2 Å². The van der Waals surface area contributed by atoms with E-state index < -0.39 is 0 Å². The molecule has 82 valence electrons. The highest BCUT2D eigenvalue weighted by atomic mass is 19.1. The molecule has 2 aromatic rings. The third-order valence-corrected chi connectivity index (χ3v) is 2.35. The van der Waals surface area contributed by atoms with Crippen molar-refractivity contribution in [1.29, 1.82) is 0 Å². The van der Waals surface area contributed by atoms with Crippen LogP contribution in [0.4, 0.5) is 21.5 Å².